The smallest absolute Gasteiger partial charge is 0.302 e. The van der Waals surface area contributed by atoms with Crippen molar-refractivity contribution in [1.29, 1.82) is 0 Å². The van der Waals surface area contributed by atoms with Crippen molar-refractivity contribution in [2.45, 2.75) is 117 Å². The molecule has 2 unspecified atom stereocenters. The third kappa shape index (κ3) is 5.59. The van der Waals surface area contributed by atoms with Gasteiger partial charge in [-0.15, -0.1) is 0 Å². The molecular formula is C31H52O5. The maximum Gasteiger partial charge on any atom is 0.302 e. The van der Waals surface area contributed by atoms with Crippen LogP contribution in [-0.2, 0) is 19.0 Å². The monoisotopic (exact) mass is 504 g/mol. The topological polar surface area (TPSA) is 65.0 Å². The zero-order valence-electron chi connectivity index (χ0n) is 23.6. The second-order valence-corrected chi connectivity index (χ2v) is 13.1. The van der Waals surface area contributed by atoms with Gasteiger partial charge in [-0.3, -0.25) is 4.79 Å². The van der Waals surface area contributed by atoms with Gasteiger partial charge < -0.3 is 19.3 Å². The van der Waals surface area contributed by atoms with E-state index in [9.17, 15) is 9.90 Å². The highest BCUT2D eigenvalue weighted by molar-refractivity contribution is 5.65. The minimum absolute atomic E-state index is 0.170. The number of carbonyl (C=O) groups excluding carboxylic acids is 1. The number of methoxy groups -OCH3 is 1. The summed E-state index contributed by atoms with van der Waals surface area (Å²) in [4.78, 5) is 10.9. The summed E-state index contributed by atoms with van der Waals surface area (Å²) in [6, 6.07) is 0. The standard InChI is InChI=1S/C31H52O5/c1-21(10-8-6-7-9-17-35-22(2)32)25-11-12-26-24-19-29(33)28-18-23(36-20-34-5)13-15-31(28,4)27(24)14-16-30(25,26)3/h19,21,23,25-29,33H,6-18,20H2,1-5H3/t21?,23-,25+,26-,27?,28+,29-,30+,31+/m0/s1. The fraction of sp³-hybridized carbons (Fsp3) is 0.903. The van der Waals surface area contributed by atoms with Gasteiger partial charge in [-0.1, -0.05) is 58.1 Å². The van der Waals surface area contributed by atoms with Crippen molar-refractivity contribution in [3.63, 3.8) is 0 Å². The quantitative estimate of drug-likeness (QED) is 0.147. The highest BCUT2D eigenvalue weighted by Crippen LogP contribution is 2.67. The summed E-state index contributed by atoms with van der Waals surface area (Å²) in [7, 11) is 1.68. The Labute approximate surface area is 219 Å². The molecular weight excluding hydrogens is 452 g/mol. The Balaban J connectivity index is 1.36. The predicted octanol–water partition coefficient (Wildman–Crippen LogP) is 6.68. The van der Waals surface area contributed by atoms with E-state index in [0.29, 0.717) is 36.6 Å². The molecule has 0 amide bonds. The van der Waals surface area contributed by atoms with Gasteiger partial charge in [0.1, 0.15) is 6.79 Å². The van der Waals surface area contributed by atoms with Gasteiger partial charge >= 0.3 is 5.97 Å². The number of allylic oxidation sites excluding steroid dienone is 1. The normalized spacial score (nSPS) is 40.6. The second-order valence-electron chi connectivity index (χ2n) is 13.1. The van der Waals surface area contributed by atoms with Gasteiger partial charge in [-0.05, 0) is 91.8 Å². The van der Waals surface area contributed by atoms with E-state index in [1.165, 1.54) is 51.9 Å². The molecule has 0 spiro atoms. The molecule has 5 heteroatoms. The minimum atomic E-state index is -0.346. The van der Waals surface area contributed by atoms with Crippen LogP contribution in [0.1, 0.15) is 105 Å². The number of aliphatic hydroxyl groups is 1. The molecule has 0 aromatic heterocycles. The molecule has 0 saturated heterocycles. The number of hydrogen-bond acceptors (Lipinski definition) is 5. The summed E-state index contributed by atoms with van der Waals surface area (Å²) in [5, 5.41) is 11.4. The average Bonchev–Trinajstić information content (AvgIpc) is 3.20. The maximum absolute atomic E-state index is 11.4. The molecule has 4 aliphatic rings. The van der Waals surface area contributed by atoms with Crippen LogP contribution in [0.5, 0.6) is 0 Å². The lowest BCUT2D eigenvalue weighted by Crippen LogP contribution is -2.54. The number of fused-ring (bicyclic) bond motifs is 5. The number of rotatable bonds is 11. The van der Waals surface area contributed by atoms with Crippen molar-refractivity contribution in [3.05, 3.63) is 11.6 Å². The first kappa shape index (κ1) is 28.1. The van der Waals surface area contributed by atoms with Crippen molar-refractivity contribution in [1.82, 2.24) is 0 Å². The fourth-order valence-electron chi connectivity index (χ4n) is 9.17. The van der Waals surface area contributed by atoms with E-state index in [1.54, 1.807) is 12.7 Å². The van der Waals surface area contributed by atoms with Gasteiger partial charge in [0.2, 0.25) is 0 Å². The van der Waals surface area contributed by atoms with E-state index in [0.717, 1.165) is 43.9 Å². The van der Waals surface area contributed by atoms with E-state index in [1.807, 2.05) is 0 Å². The Morgan fingerprint density at radius 3 is 2.53 bits per heavy atom. The highest BCUT2D eigenvalue weighted by Gasteiger charge is 2.59. The van der Waals surface area contributed by atoms with Gasteiger partial charge in [0.05, 0.1) is 18.8 Å². The van der Waals surface area contributed by atoms with Gasteiger partial charge in [-0.2, -0.15) is 0 Å². The number of aliphatic hydroxyl groups excluding tert-OH is 1. The van der Waals surface area contributed by atoms with Crippen molar-refractivity contribution in [3.8, 4) is 0 Å². The van der Waals surface area contributed by atoms with E-state index < -0.39 is 0 Å². The summed E-state index contributed by atoms with van der Waals surface area (Å²) in [6.07, 6.45) is 16.5. The summed E-state index contributed by atoms with van der Waals surface area (Å²) in [5.41, 5.74) is 2.18. The van der Waals surface area contributed by atoms with Crippen molar-refractivity contribution < 1.29 is 24.1 Å². The highest BCUT2D eigenvalue weighted by atomic mass is 16.7. The molecule has 0 bridgehead atoms. The molecule has 9 atom stereocenters. The van der Waals surface area contributed by atoms with Crippen molar-refractivity contribution >= 4 is 5.97 Å². The Bertz CT molecular complexity index is 779. The minimum Gasteiger partial charge on any atom is -0.466 e. The van der Waals surface area contributed by atoms with E-state index in [2.05, 4.69) is 26.8 Å². The lowest BCUT2D eigenvalue weighted by atomic mass is 9.47. The maximum atomic E-state index is 11.4. The summed E-state index contributed by atoms with van der Waals surface area (Å²) in [5.74, 6) is 2.92. The third-order valence-electron chi connectivity index (χ3n) is 11.1. The number of esters is 1. The predicted molar refractivity (Wildman–Crippen MR) is 142 cm³/mol. The zero-order chi connectivity index (χ0) is 25.9. The molecule has 206 valence electrons. The molecule has 0 aliphatic heterocycles. The number of ether oxygens (including phenoxy) is 3. The number of carbonyl (C=O) groups is 1. The lowest BCUT2D eigenvalue weighted by molar-refractivity contribution is -0.141. The first-order valence-corrected chi connectivity index (χ1v) is 14.8. The van der Waals surface area contributed by atoms with Gasteiger partial charge in [-0.25, -0.2) is 0 Å². The van der Waals surface area contributed by atoms with Crippen LogP contribution in [0.15, 0.2) is 11.6 Å². The van der Waals surface area contributed by atoms with Crippen LogP contribution in [0.2, 0.25) is 0 Å². The molecule has 4 aliphatic carbocycles. The van der Waals surface area contributed by atoms with E-state index in [-0.39, 0.29) is 23.6 Å². The van der Waals surface area contributed by atoms with Crippen molar-refractivity contribution in [2.75, 3.05) is 20.5 Å². The van der Waals surface area contributed by atoms with Crippen LogP contribution in [0.3, 0.4) is 0 Å². The molecule has 5 nitrogen and oxygen atoms in total. The van der Waals surface area contributed by atoms with Crippen molar-refractivity contribution in [2.24, 2.45) is 40.4 Å². The molecule has 4 rings (SSSR count). The summed E-state index contributed by atoms with van der Waals surface area (Å²) >= 11 is 0. The van der Waals surface area contributed by atoms with Gasteiger partial charge in [0, 0.05) is 14.0 Å². The molecule has 36 heavy (non-hydrogen) atoms. The number of unbranched alkanes of at least 4 members (excludes halogenated alkanes) is 3. The lowest BCUT2D eigenvalue weighted by Gasteiger charge is -2.59. The molecule has 3 saturated carbocycles. The largest absolute Gasteiger partial charge is 0.466 e. The fourth-order valence-corrected chi connectivity index (χ4v) is 9.17. The average molecular weight is 505 g/mol. The summed E-state index contributed by atoms with van der Waals surface area (Å²) < 4.78 is 16.1. The Morgan fingerprint density at radius 1 is 1.06 bits per heavy atom. The first-order chi connectivity index (χ1) is 17.2. The van der Waals surface area contributed by atoms with Crippen LogP contribution >= 0.6 is 0 Å². The molecule has 0 aromatic carbocycles. The van der Waals surface area contributed by atoms with Crippen LogP contribution < -0.4 is 0 Å². The van der Waals surface area contributed by atoms with Crippen LogP contribution in [0.4, 0.5) is 0 Å². The second kappa shape index (κ2) is 11.9. The molecule has 1 N–H and O–H groups in total. The van der Waals surface area contributed by atoms with Gasteiger partial charge in [0.15, 0.2) is 0 Å². The molecule has 3 fully saturated rings. The Morgan fingerprint density at radius 2 is 1.78 bits per heavy atom. The summed E-state index contributed by atoms with van der Waals surface area (Å²) in [6.45, 7) is 9.95. The SMILES string of the molecule is COCO[C@H]1CC[C@]2(C)C3CC[C@]4(C)[C@@H](C(C)CCCCCCOC(C)=O)CC[C@H]4C3=C[C@H](O)[C@H]2C1. The number of hydrogen-bond donors (Lipinski definition) is 1. The molecule has 0 heterocycles. The Hall–Kier alpha value is -0.910. The van der Waals surface area contributed by atoms with Crippen LogP contribution in [0.25, 0.3) is 0 Å². The van der Waals surface area contributed by atoms with E-state index >= 15 is 0 Å². The first-order valence-electron chi connectivity index (χ1n) is 14.8. The third-order valence-corrected chi connectivity index (χ3v) is 11.1. The Kier molecular flexibility index (Phi) is 9.26. The van der Waals surface area contributed by atoms with Gasteiger partial charge in [0.25, 0.3) is 0 Å². The molecule has 0 aromatic rings. The van der Waals surface area contributed by atoms with Crippen LogP contribution in [0, 0.1) is 40.4 Å². The van der Waals surface area contributed by atoms with E-state index in [4.69, 9.17) is 14.2 Å². The van der Waals surface area contributed by atoms with Crippen LogP contribution in [-0.4, -0.2) is 43.8 Å². The zero-order valence-corrected chi connectivity index (χ0v) is 23.6. The molecule has 0 radical (unpaired) electrons.